The minimum atomic E-state index is -4.06. The van der Waals surface area contributed by atoms with Crippen LogP contribution in [0.25, 0.3) is 0 Å². The van der Waals surface area contributed by atoms with Crippen LogP contribution in [-0.4, -0.2) is 32.9 Å². The second-order valence-corrected chi connectivity index (χ2v) is 8.87. The third-order valence-corrected chi connectivity index (χ3v) is 6.08. The van der Waals surface area contributed by atoms with Gasteiger partial charge in [-0.3, -0.25) is 9.52 Å². The van der Waals surface area contributed by atoms with Gasteiger partial charge in [0, 0.05) is 5.56 Å². The Hall–Kier alpha value is -2.65. The molecule has 2 aromatic carbocycles. The molecular weight excluding hydrogens is 435 g/mol. The van der Waals surface area contributed by atoms with E-state index in [1.54, 1.807) is 6.92 Å². The van der Waals surface area contributed by atoms with Crippen molar-refractivity contribution < 1.29 is 27.1 Å². The van der Waals surface area contributed by atoms with E-state index in [0.29, 0.717) is 12.8 Å². The SMILES string of the molecule is CCCC(C)(NC(=O)c1ccc(Cl)c(NS(=O)(=O)c2ccc(F)cc2)c1)C(=O)OC. The molecule has 2 aromatic rings. The number of benzene rings is 2. The minimum Gasteiger partial charge on any atom is -0.467 e. The molecule has 1 atom stereocenters. The van der Waals surface area contributed by atoms with Crippen LogP contribution in [0.5, 0.6) is 0 Å². The summed E-state index contributed by atoms with van der Waals surface area (Å²) in [6.45, 7) is 3.41. The van der Waals surface area contributed by atoms with Gasteiger partial charge in [-0.25, -0.2) is 17.6 Å². The molecule has 0 saturated carbocycles. The van der Waals surface area contributed by atoms with Gasteiger partial charge in [0.25, 0.3) is 15.9 Å². The average molecular weight is 457 g/mol. The molecule has 1 amide bonds. The molecule has 0 aliphatic carbocycles. The first-order valence-corrected chi connectivity index (χ1v) is 10.9. The molecule has 162 valence electrons. The molecule has 0 fully saturated rings. The fraction of sp³-hybridized carbons (Fsp3) is 0.300. The van der Waals surface area contributed by atoms with E-state index in [4.69, 9.17) is 16.3 Å². The van der Waals surface area contributed by atoms with Crippen LogP contribution >= 0.6 is 11.6 Å². The lowest BCUT2D eigenvalue weighted by atomic mass is 9.95. The van der Waals surface area contributed by atoms with Gasteiger partial charge in [0.05, 0.1) is 22.7 Å². The Morgan fingerprint density at radius 2 is 1.80 bits per heavy atom. The number of hydrogen-bond acceptors (Lipinski definition) is 5. The van der Waals surface area contributed by atoms with Crippen molar-refractivity contribution in [3.63, 3.8) is 0 Å². The summed E-state index contributed by atoms with van der Waals surface area (Å²) in [5.74, 6) is -1.77. The molecule has 30 heavy (non-hydrogen) atoms. The lowest BCUT2D eigenvalue weighted by Gasteiger charge is -2.27. The number of anilines is 1. The van der Waals surface area contributed by atoms with Crippen molar-refractivity contribution in [2.24, 2.45) is 0 Å². The number of rotatable bonds is 8. The number of amides is 1. The molecule has 0 aliphatic rings. The predicted octanol–water partition coefficient (Wildman–Crippen LogP) is 3.74. The van der Waals surface area contributed by atoms with Crippen molar-refractivity contribution in [2.45, 2.75) is 37.1 Å². The van der Waals surface area contributed by atoms with Gasteiger partial charge < -0.3 is 10.1 Å². The average Bonchev–Trinajstić information content (AvgIpc) is 2.69. The molecule has 0 radical (unpaired) electrons. The highest BCUT2D eigenvalue weighted by Gasteiger charge is 2.35. The highest BCUT2D eigenvalue weighted by Crippen LogP contribution is 2.26. The molecule has 0 saturated heterocycles. The van der Waals surface area contributed by atoms with Crippen molar-refractivity contribution in [3.8, 4) is 0 Å². The highest BCUT2D eigenvalue weighted by molar-refractivity contribution is 7.92. The number of methoxy groups -OCH3 is 1. The third kappa shape index (κ3) is 5.48. The van der Waals surface area contributed by atoms with Gasteiger partial charge in [0.2, 0.25) is 0 Å². The number of carbonyl (C=O) groups excluding carboxylic acids is 2. The van der Waals surface area contributed by atoms with Crippen molar-refractivity contribution in [3.05, 3.63) is 58.9 Å². The second kappa shape index (κ2) is 9.44. The second-order valence-electron chi connectivity index (χ2n) is 6.78. The normalized spacial score (nSPS) is 13.2. The molecule has 1 unspecified atom stereocenters. The molecule has 10 heteroatoms. The van der Waals surface area contributed by atoms with E-state index in [1.807, 2.05) is 6.92 Å². The Morgan fingerprint density at radius 1 is 1.17 bits per heavy atom. The predicted molar refractivity (Wildman–Crippen MR) is 111 cm³/mol. The van der Waals surface area contributed by atoms with E-state index in [9.17, 15) is 22.4 Å². The zero-order chi connectivity index (χ0) is 22.5. The molecular formula is C20H22ClFN2O5S. The lowest BCUT2D eigenvalue weighted by molar-refractivity contribution is -0.147. The zero-order valence-electron chi connectivity index (χ0n) is 16.7. The van der Waals surface area contributed by atoms with Gasteiger partial charge in [-0.2, -0.15) is 0 Å². The van der Waals surface area contributed by atoms with Crippen LogP contribution in [0.15, 0.2) is 47.4 Å². The van der Waals surface area contributed by atoms with E-state index < -0.39 is 33.3 Å². The maximum atomic E-state index is 13.1. The van der Waals surface area contributed by atoms with Crippen molar-refractivity contribution in [2.75, 3.05) is 11.8 Å². The van der Waals surface area contributed by atoms with Crippen LogP contribution in [-0.2, 0) is 19.6 Å². The number of carbonyl (C=O) groups is 2. The van der Waals surface area contributed by atoms with Crippen LogP contribution in [0.3, 0.4) is 0 Å². The summed E-state index contributed by atoms with van der Waals surface area (Å²) in [7, 11) is -2.83. The standard InChI is InChI=1S/C20H22ClFN2O5S/c1-4-11-20(2,19(26)29-3)23-18(25)13-5-10-16(21)17(12-13)24-30(27,28)15-8-6-14(22)7-9-15/h5-10,12,24H,4,11H2,1-3H3,(H,23,25). The number of sulfonamides is 1. The van der Waals surface area contributed by atoms with Gasteiger partial charge in [0.1, 0.15) is 11.4 Å². The van der Waals surface area contributed by atoms with E-state index in [-0.39, 0.29) is 21.2 Å². The fourth-order valence-electron chi connectivity index (χ4n) is 2.83. The number of hydrogen-bond donors (Lipinski definition) is 2. The fourth-order valence-corrected chi connectivity index (χ4v) is 4.12. The van der Waals surface area contributed by atoms with Gasteiger partial charge >= 0.3 is 5.97 Å². The molecule has 0 spiro atoms. The molecule has 7 nitrogen and oxygen atoms in total. The van der Waals surface area contributed by atoms with Crippen molar-refractivity contribution in [1.29, 1.82) is 0 Å². The van der Waals surface area contributed by atoms with Gasteiger partial charge in [-0.15, -0.1) is 0 Å². The van der Waals surface area contributed by atoms with Crippen molar-refractivity contribution >= 4 is 39.2 Å². The number of ether oxygens (including phenoxy) is 1. The van der Waals surface area contributed by atoms with Crippen molar-refractivity contribution in [1.82, 2.24) is 5.32 Å². The monoisotopic (exact) mass is 456 g/mol. The molecule has 0 aliphatic heterocycles. The zero-order valence-corrected chi connectivity index (χ0v) is 18.2. The molecule has 0 heterocycles. The summed E-state index contributed by atoms with van der Waals surface area (Å²) in [5, 5.41) is 2.69. The van der Waals surface area contributed by atoms with Gasteiger partial charge in [0.15, 0.2) is 0 Å². The van der Waals surface area contributed by atoms with Crippen LogP contribution in [0.4, 0.5) is 10.1 Å². The lowest BCUT2D eigenvalue weighted by Crippen LogP contribution is -2.52. The van der Waals surface area contributed by atoms with Crippen LogP contribution < -0.4 is 10.0 Å². The Morgan fingerprint density at radius 3 is 2.37 bits per heavy atom. The topological polar surface area (TPSA) is 102 Å². The molecule has 0 aromatic heterocycles. The molecule has 2 rings (SSSR count). The first kappa shape index (κ1) is 23.6. The Bertz CT molecular complexity index is 1040. The van der Waals surface area contributed by atoms with E-state index >= 15 is 0 Å². The summed E-state index contributed by atoms with van der Waals surface area (Å²) in [5.41, 5.74) is -1.19. The smallest absolute Gasteiger partial charge is 0.331 e. The Balaban J connectivity index is 2.31. The quantitative estimate of drug-likeness (QED) is 0.589. The Kier molecular flexibility index (Phi) is 7.44. The first-order chi connectivity index (χ1) is 14.0. The number of halogens is 2. The summed E-state index contributed by atoms with van der Waals surface area (Å²) >= 11 is 6.08. The maximum Gasteiger partial charge on any atom is 0.331 e. The van der Waals surface area contributed by atoms with E-state index in [0.717, 1.165) is 24.3 Å². The minimum absolute atomic E-state index is 0.0381. The maximum absolute atomic E-state index is 13.1. The van der Waals surface area contributed by atoms with E-state index in [1.165, 1.54) is 25.3 Å². The third-order valence-electron chi connectivity index (χ3n) is 4.37. The van der Waals surface area contributed by atoms with Crippen LogP contribution in [0.2, 0.25) is 5.02 Å². The van der Waals surface area contributed by atoms with Crippen LogP contribution in [0, 0.1) is 5.82 Å². The number of esters is 1. The van der Waals surface area contributed by atoms with Gasteiger partial charge in [-0.05, 0) is 55.8 Å². The number of nitrogens with one attached hydrogen (secondary N) is 2. The summed E-state index contributed by atoms with van der Waals surface area (Å²) in [6.07, 6.45) is 0.971. The molecule has 0 bridgehead atoms. The molecule has 2 N–H and O–H groups in total. The Labute approximate surface area is 179 Å². The summed E-state index contributed by atoms with van der Waals surface area (Å²) in [6, 6.07) is 8.25. The summed E-state index contributed by atoms with van der Waals surface area (Å²) in [4.78, 5) is 24.6. The van der Waals surface area contributed by atoms with Crippen LogP contribution in [0.1, 0.15) is 37.0 Å². The first-order valence-electron chi connectivity index (χ1n) is 9.01. The highest BCUT2D eigenvalue weighted by atomic mass is 35.5. The van der Waals surface area contributed by atoms with E-state index in [2.05, 4.69) is 10.0 Å². The summed E-state index contributed by atoms with van der Waals surface area (Å²) < 4.78 is 45.2. The van der Waals surface area contributed by atoms with Gasteiger partial charge in [-0.1, -0.05) is 24.9 Å². The largest absolute Gasteiger partial charge is 0.467 e.